The minimum atomic E-state index is -1.87. The molecule has 210 valence electrons. The molecule has 4 nitrogen and oxygen atoms in total. The van der Waals surface area contributed by atoms with Crippen LogP contribution in [-0.4, -0.2) is 44.4 Å². The van der Waals surface area contributed by atoms with Gasteiger partial charge in [-0.05, 0) is 105 Å². The van der Waals surface area contributed by atoms with E-state index in [0.29, 0.717) is 0 Å². The summed E-state index contributed by atoms with van der Waals surface area (Å²) in [6, 6.07) is 17.2. The summed E-state index contributed by atoms with van der Waals surface area (Å²) >= 11 is 0. The Morgan fingerprint density at radius 2 is 1.49 bits per heavy atom. The molecule has 1 fully saturated rings. The number of aromatic nitrogens is 1. The lowest BCUT2D eigenvalue weighted by Gasteiger charge is -2.36. The molecule has 0 unspecified atom stereocenters. The number of ether oxygens (including phenoxy) is 1. The molecule has 3 aromatic rings. The first-order valence-electron chi connectivity index (χ1n) is 14.8. The lowest BCUT2D eigenvalue weighted by Crippen LogP contribution is -2.43. The second-order valence-electron chi connectivity index (χ2n) is 12.5. The van der Waals surface area contributed by atoms with E-state index in [0.717, 1.165) is 43.2 Å². The number of rotatable bonds is 10. The Morgan fingerprint density at radius 1 is 0.872 bits per heavy atom. The third kappa shape index (κ3) is 7.32. The molecule has 2 aromatic carbocycles. The molecule has 0 aliphatic carbocycles. The van der Waals surface area contributed by atoms with Crippen LogP contribution in [0.25, 0.3) is 22.3 Å². The van der Waals surface area contributed by atoms with Crippen molar-refractivity contribution in [3.05, 3.63) is 66.0 Å². The van der Waals surface area contributed by atoms with E-state index in [2.05, 4.69) is 101 Å². The van der Waals surface area contributed by atoms with Crippen molar-refractivity contribution in [3.8, 4) is 33.8 Å². The van der Waals surface area contributed by atoms with Gasteiger partial charge in [0.2, 0.25) is 8.32 Å². The van der Waals surface area contributed by atoms with E-state index in [1.54, 1.807) is 0 Å². The summed E-state index contributed by atoms with van der Waals surface area (Å²) < 4.78 is 12.6. The van der Waals surface area contributed by atoms with E-state index < -0.39 is 8.32 Å². The zero-order valence-electron chi connectivity index (χ0n) is 25.3. The Hall–Kier alpha value is -2.63. The number of piperidine rings is 1. The van der Waals surface area contributed by atoms with Crippen molar-refractivity contribution in [2.75, 3.05) is 26.2 Å². The summed E-state index contributed by atoms with van der Waals surface area (Å²) in [5.41, 5.74) is 7.18. The molecule has 4 rings (SSSR count). The SMILES string of the molecule is CCc1c(-c2ccc(OCCCN3CCCCC3)cc2)cnc(C)c1-c1ccc(O[Si](C)(C)C(C)(C)C)cc1. The Balaban J connectivity index is 1.47. The lowest BCUT2D eigenvalue weighted by molar-refractivity contribution is 0.205. The number of pyridine rings is 1. The minimum Gasteiger partial charge on any atom is -0.544 e. The average molecular weight is 545 g/mol. The highest BCUT2D eigenvalue weighted by Gasteiger charge is 2.38. The van der Waals surface area contributed by atoms with Gasteiger partial charge in [-0.25, -0.2) is 0 Å². The average Bonchev–Trinajstić information content (AvgIpc) is 2.91. The van der Waals surface area contributed by atoms with Crippen molar-refractivity contribution in [1.29, 1.82) is 0 Å². The molecule has 0 bridgehead atoms. The molecule has 0 amide bonds. The van der Waals surface area contributed by atoms with Gasteiger partial charge >= 0.3 is 0 Å². The second-order valence-corrected chi connectivity index (χ2v) is 17.2. The maximum Gasteiger partial charge on any atom is 0.250 e. The van der Waals surface area contributed by atoms with Crippen molar-refractivity contribution in [3.63, 3.8) is 0 Å². The number of aryl methyl sites for hydroxylation is 1. The standard InChI is InChI=1S/C34H48N2O2Si/c1-8-31-32(27-13-17-29(18-14-27)37-24-12-23-36-21-10-9-11-22-36)25-35-26(2)33(31)28-15-19-30(20-16-28)38-39(6,7)34(3,4)5/h13-20,25H,8-12,21-24H2,1-7H3. The summed E-state index contributed by atoms with van der Waals surface area (Å²) in [4.78, 5) is 7.39. The maximum atomic E-state index is 6.52. The van der Waals surface area contributed by atoms with E-state index in [4.69, 9.17) is 14.1 Å². The molecule has 2 heterocycles. The molecule has 39 heavy (non-hydrogen) atoms. The predicted molar refractivity (Wildman–Crippen MR) is 167 cm³/mol. The fraction of sp³-hybridized carbons (Fsp3) is 0.500. The van der Waals surface area contributed by atoms with Crippen LogP contribution in [0.2, 0.25) is 18.1 Å². The van der Waals surface area contributed by atoms with Gasteiger partial charge in [0.15, 0.2) is 0 Å². The van der Waals surface area contributed by atoms with Crippen molar-refractivity contribution in [2.24, 2.45) is 0 Å². The molecule has 1 aliphatic rings. The van der Waals surface area contributed by atoms with Gasteiger partial charge in [0.05, 0.1) is 6.61 Å². The monoisotopic (exact) mass is 544 g/mol. The first kappa shape index (κ1) is 29.4. The molecule has 0 radical (unpaired) electrons. The summed E-state index contributed by atoms with van der Waals surface area (Å²) in [6.45, 7) is 20.1. The smallest absolute Gasteiger partial charge is 0.250 e. The fourth-order valence-electron chi connectivity index (χ4n) is 5.19. The largest absolute Gasteiger partial charge is 0.544 e. The van der Waals surface area contributed by atoms with Gasteiger partial charge in [-0.15, -0.1) is 0 Å². The van der Waals surface area contributed by atoms with E-state index in [-0.39, 0.29) is 5.04 Å². The van der Waals surface area contributed by atoms with Crippen molar-refractivity contribution in [2.45, 2.75) is 84.9 Å². The summed E-state index contributed by atoms with van der Waals surface area (Å²) in [5, 5.41) is 0.170. The Labute approximate surface area is 237 Å². The highest BCUT2D eigenvalue weighted by Crippen LogP contribution is 2.39. The van der Waals surface area contributed by atoms with Gasteiger partial charge in [-0.2, -0.15) is 0 Å². The van der Waals surface area contributed by atoms with Gasteiger partial charge in [0.1, 0.15) is 11.5 Å². The van der Waals surface area contributed by atoms with Gasteiger partial charge in [-0.1, -0.05) is 58.4 Å². The third-order valence-electron chi connectivity index (χ3n) is 8.55. The number of benzene rings is 2. The van der Waals surface area contributed by atoms with Crippen LogP contribution in [0.5, 0.6) is 11.5 Å². The molecule has 1 aromatic heterocycles. The van der Waals surface area contributed by atoms with Crippen LogP contribution in [0, 0.1) is 6.92 Å². The molecule has 1 saturated heterocycles. The third-order valence-corrected chi connectivity index (χ3v) is 12.9. The van der Waals surface area contributed by atoms with Crippen molar-refractivity contribution < 1.29 is 9.16 Å². The zero-order valence-corrected chi connectivity index (χ0v) is 26.3. The molecule has 1 aliphatic heterocycles. The number of likely N-dealkylation sites (tertiary alicyclic amines) is 1. The topological polar surface area (TPSA) is 34.6 Å². The molecular weight excluding hydrogens is 496 g/mol. The van der Waals surface area contributed by atoms with Crippen LogP contribution < -0.4 is 9.16 Å². The van der Waals surface area contributed by atoms with Crippen molar-refractivity contribution >= 4 is 8.32 Å². The highest BCUT2D eigenvalue weighted by molar-refractivity contribution is 6.74. The summed E-state index contributed by atoms with van der Waals surface area (Å²) in [6.07, 6.45) is 8.11. The van der Waals surface area contributed by atoms with Crippen LogP contribution in [0.1, 0.15) is 64.6 Å². The van der Waals surface area contributed by atoms with Gasteiger partial charge < -0.3 is 14.1 Å². The van der Waals surface area contributed by atoms with E-state index in [1.165, 1.54) is 60.2 Å². The number of hydrogen-bond donors (Lipinski definition) is 0. The zero-order chi connectivity index (χ0) is 28.0. The van der Waals surface area contributed by atoms with Crippen LogP contribution in [0.15, 0.2) is 54.7 Å². The molecular formula is C34H48N2O2Si. The van der Waals surface area contributed by atoms with Crippen LogP contribution in [0.4, 0.5) is 0 Å². The van der Waals surface area contributed by atoms with Gasteiger partial charge in [0, 0.05) is 29.6 Å². The summed E-state index contributed by atoms with van der Waals surface area (Å²) in [5.74, 6) is 1.89. The summed E-state index contributed by atoms with van der Waals surface area (Å²) in [7, 11) is -1.87. The highest BCUT2D eigenvalue weighted by atomic mass is 28.4. The predicted octanol–water partition coefficient (Wildman–Crippen LogP) is 8.93. The minimum absolute atomic E-state index is 0.170. The Kier molecular flexibility index (Phi) is 9.55. The van der Waals surface area contributed by atoms with Crippen LogP contribution in [-0.2, 0) is 6.42 Å². The number of nitrogens with zero attached hydrogens (tertiary/aromatic N) is 2. The fourth-order valence-corrected chi connectivity index (χ4v) is 6.22. The normalized spacial score (nSPS) is 14.8. The van der Waals surface area contributed by atoms with E-state index in [1.807, 2.05) is 6.20 Å². The maximum absolute atomic E-state index is 6.52. The number of hydrogen-bond acceptors (Lipinski definition) is 4. The molecule has 0 spiro atoms. The van der Waals surface area contributed by atoms with Crippen LogP contribution >= 0.6 is 0 Å². The molecule has 0 N–H and O–H groups in total. The van der Waals surface area contributed by atoms with E-state index >= 15 is 0 Å². The van der Waals surface area contributed by atoms with Crippen molar-refractivity contribution in [1.82, 2.24) is 9.88 Å². The van der Waals surface area contributed by atoms with Gasteiger partial charge in [0.25, 0.3) is 0 Å². The first-order chi connectivity index (χ1) is 18.6. The molecule has 0 atom stereocenters. The first-order valence-corrected chi connectivity index (χ1v) is 17.7. The second kappa shape index (κ2) is 12.7. The van der Waals surface area contributed by atoms with E-state index in [9.17, 15) is 0 Å². The lowest BCUT2D eigenvalue weighted by atomic mass is 9.90. The quantitative estimate of drug-likeness (QED) is 0.188. The molecule has 0 saturated carbocycles. The molecule has 5 heteroatoms. The Bertz CT molecular complexity index is 1210. The van der Waals surface area contributed by atoms with Crippen LogP contribution in [0.3, 0.4) is 0 Å². The Morgan fingerprint density at radius 3 is 2.10 bits per heavy atom. The van der Waals surface area contributed by atoms with Gasteiger partial charge in [-0.3, -0.25) is 4.98 Å².